The van der Waals surface area contributed by atoms with E-state index >= 15 is 0 Å². The molecule has 102 valence electrons. The van der Waals surface area contributed by atoms with Gasteiger partial charge in [0, 0.05) is 7.05 Å². The summed E-state index contributed by atoms with van der Waals surface area (Å²) >= 11 is 0. The van der Waals surface area contributed by atoms with Crippen LogP contribution in [0.25, 0.3) is 0 Å². The molecule has 1 aromatic rings. The van der Waals surface area contributed by atoms with Crippen LogP contribution in [0.15, 0.2) is 6.20 Å². The standard InChI is InChI=1S/C13H25N5/c1-10(2)8-13(6-4-5-7-13)12(16-14)11-9-15-17-18(11)3/h9-10,12,16H,4-8,14H2,1-3H3. The number of nitrogens with two attached hydrogens (primary N) is 1. The topological polar surface area (TPSA) is 68.8 Å². The normalized spacial score (nSPS) is 20.5. The molecule has 18 heavy (non-hydrogen) atoms. The number of hydrogen-bond acceptors (Lipinski definition) is 4. The molecule has 2 rings (SSSR count). The van der Waals surface area contributed by atoms with E-state index in [2.05, 4.69) is 29.6 Å². The van der Waals surface area contributed by atoms with Gasteiger partial charge in [0.2, 0.25) is 0 Å². The number of aryl methyl sites for hydroxylation is 1. The first-order valence-electron chi connectivity index (χ1n) is 6.90. The van der Waals surface area contributed by atoms with Crippen molar-refractivity contribution in [3.05, 3.63) is 11.9 Å². The summed E-state index contributed by atoms with van der Waals surface area (Å²) in [5.74, 6) is 6.54. The van der Waals surface area contributed by atoms with Crippen molar-refractivity contribution in [1.29, 1.82) is 0 Å². The van der Waals surface area contributed by atoms with Gasteiger partial charge in [-0.05, 0) is 30.6 Å². The number of hydrazine groups is 1. The Morgan fingerprint density at radius 1 is 1.44 bits per heavy atom. The summed E-state index contributed by atoms with van der Waals surface area (Å²) in [5.41, 5.74) is 4.39. The first-order valence-corrected chi connectivity index (χ1v) is 6.90. The Balaban J connectivity index is 2.31. The molecule has 1 atom stereocenters. The van der Waals surface area contributed by atoms with Gasteiger partial charge >= 0.3 is 0 Å². The van der Waals surface area contributed by atoms with E-state index in [0.717, 1.165) is 5.69 Å². The van der Waals surface area contributed by atoms with Gasteiger partial charge in [0.25, 0.3) is 0 Å². The maximum absolute atomic E-state index is 5.85. The van der Waals surface area contributed by atoms with Crippen LogP contribution in [0.2, 0.25) is 0 Å². The maximum Gasteiger partial charge on any atom is 0.0772 e. The average molecular weight is 251 g/mol. The molecule has 0 spiro atoms. The fourth-order valence-corrected chi connectivity index (χ4v) is 3.64. The Labute approximate surface area is 109 Å². The molecule has 1 saturated carbocycles. The van der Waals surface area contributed by atoms with Crippen molar-refractivity contribution in [3.8, 4) is 0 Å². The van der Waals surface area contributed by atoms with Crippen molar-refractivity contribution < 1.29 is 0 Å². The summed E-state index contributed by atoms with van der Waals surface area (Å²) in [7, 11) is 1.94. The summed E-state index contributed by atoms with van der Waals surface area (Å²) in [5, 5.41) is 8.03. The third-order valence-corrected chi connectivity index (χ3v) is 4.24. The second kappa shape index (κ2) is 5.36. The van der Waals surface area contributed by atoms with Crippen molar-refractivity contribution in [1.82, 2.24) is 20.4 Å². The lowest BCUT2D eigenvalue weighted by atomic mass is 9.72. The molecule has 3 N–H and O–H groups in total. The van der Waals surface area contributed by atoms with Gasteiger partial charge in [0.1, 0.15) is 0 Å². The first-order chi connectivity index (χ1) is 8.59. The van der Waals surface area contributed by atoms with Crippen molar-refractivity contribution in [2.75, 3.05) is 0 Å². The van der Waals surface area contributed by atoms with E-state index in [1.807, 2.05) is 17.9 Å². The molecule has 0 aliphatic heterocycles. The van der Waals surface area contributed by atoms with E-state index in [1.165, 1.54) is 32.1 Å². The molecule has 0 aromatic carbocycles. The van der Waals surface area contributed by atoms with Crippen LogP contribution in [0, 0.1) is 11.3 Å². The molecule has 0 amide bonds. The van der Waals surface area contributed by atoms with Crippen molar-refractivity contribution in [2.24, 2.45) is 24.2 Å². The molecule has 5 heteroatoms. The largest absolute Gasteiger partial charge is 0.271 e. The van der Waals surface area contributed by atoms with E-state index in [-0.39, 0.29) is 11.5 Å². The van der Waals surface area contributed by atoms with Crippen LogP contribution in [0.4, 0.5) is 0 Å². The molecule has 1 aromatic heterocycles. The summed E-state index contributed by atoms with van der Waals surface area (Å²) in [4.78, 5) is 0. The Morgan fingerprint density at radius 3 is 2.56 bits per heavy atom. The molecule has 0 saturated heterocycles. The fraction of sp³-hybridized carbons (Fsp3) is 0.846. The number of rotatable bonds is 5. The number of hydrogen-bond donors (Lipinski definition) is 2. The average Bonchev–Trinajstić information content (AvgIpc) is 2.90. The highest BCUT2D eigenvalue weighted by molar-refractivity contribution is 5.10. The molecule has 1 fully saturated rings. The molecule has 1 heterocycles. The second-order valence-corrected chi connectivity index (χ2v) is 6.05. The molecule has 1 aliphatic rings. The Hall–Kier alpha value is -0.940. The van der Waals surface area contributed by atoms with Gasteiger partial charge in [-0.2, -0.15) is 0 Å². The Kier molecular flexibility index (Phi) is 4.02. The minimum absolute atomic E-state index is 0.155. The molecule has 0 radical (unpaired) electrons. The molecular weight excluding hydrogens is 226 g/mol. The van der Waals surface area contributed by atoms with Crippen LogP contribution in [0.1, 0.15) is 57.7 Å². The van der Waals surface area contributed by atoms with Gasteiger partial charge < -0.3 is 0 Å². The zero-order valence-electron chi connectivity index (χ0n) is 11.7. The van der Waals surface area contributed by atoms with Crippen LogP contribution in [0.3, 0.4) is 0 Å². The highest BCUT2D eigenvalue weighted by atomic mass is 15.4. The minimum atomic E-state index is 0.155. The summed E-state index contributed by atoms with van der Waals surface area (Å²) in [6.07, 6.45) is 8.13. The lowest BCUT2D eigenvalue weighted by Crippen LogP contribution is -2.42. The van der Waals surface area contributed by atoms with Gasteiger partial charge in [-0.15, -0.1) is 5.10 Å². The van der Waals surface area contributed by atoms with E-state index in [4.69, 9.17) is 5.84 Å². The summed E-state index contributed by atoms with van der Waals surface area (Å²) < 4.78 is 1.84. The van der Waals surface area contributed by atoms with Gasteiger partial charge in [0.05, 0.1) is 17.9 Å². The highest BCUT2D eigenvalue weighted by Crippen LogP contribution is 2.51. The van der Waals surface area contributed by atoms with Gasteiger partial charge in [-0.1, -0.05) is 31.9 Å². The fourth-order valence-electron chi connectivity index (χ4n) is 3.64. The second-order valence-electron chi connectivity index (χ2n) is 6.05. The predicted octanol–water partition coefficient (Wildman–Crippen LogP) is 1.93. The summed E-state index contributed by atoms with van der Waals surface area (Å²) in [6, 6.07) is 0.155. The highest BCUT2D eigenvalue weighted by Gasteiger charge is 2.43. The van der Waals surface area contributed by atoms with Gasteiger partial charge in [-0.25, -0.2) is 0 Å². The lowest BCUT2D eigenvalue weighted by Gasteiger charge is -2.38. The zero-order valence-corrected chi connectivity index (χ0v) is 11.7. The molecule has 0 bridgehead atoms. The minimum Gasteiger partial charge on any atom is -0.271 e. The Bertz CT molecular complexity index is 378. The van der Waals surface area contributed by atoms with E-state index in [9.17, 15) is 0 Å². The SMILES string of the molecule is CC(C)CC1(C(NN)c2cnnn2C)CCCC1. The van der Waals surface area contributed by atoms with Crippen molar-refractivity contribution in [3.63, 3.8) is 0 Å². The lowest BCUT2D eigenvalue weighted by molar-refractivity contribution is 0.150. The van der Waals surface area contributed by atoms with E-state index < -0.39 is 0 Å². The first kappa shape index (κ1) is 13.5. The molecule has 1 aliphatic carbocycles. The van der Waals surface area contributed by atoms with Crippen LogP contribution in [-0.2, 0) is 7.05 Å². The predicted molar refractivity (Wildman–Crippen MR) is 71.4 cm³/mol. The molecule has 1 unspecified atom stereocenters. The Morgan fingerprint density at radius 2 is 2.11 bits per heavy atom. The number of aromatic nitrogens is 3. The van der Waals surface area contributed by atoms with Gasteiger partial charge in [0.15, 0.2) is 0 Å². The van der Waals surface area contributed by atoms with Crippen LogP contribution in [-0.4, -0.2) is 15.0 Å². The van der Waals surface area contributed by atoms with E-state index in [1.54, 1.807) is 0 Å². The van der Waals surface area contributed by atoms with Crippen molar-refractivity contribution in [2.45, 2.75) is 52.0 Å². The third kappa shape index (κ3) is 2.42. The van der Waals surface area contributed by atoms with E-state index in [0.29, 0.717) is 5.92 Å². The van der Waals surface area contributed by atoms with Crippen molar-refractivity contribution >= 4 is 0 Å². The maximum atomic E-state index is 5.85. The van der Waals surface area contributed by atoms with Crippen LogP contribution >= 0.6 is 0 Å². The molecule has 5 nitrogen and oxygen atoms in total. The summed E-state index contributed by atoms with van der Waals surface area (Å²) in [6.45, 7) is 4.57. The smallest absolute Gasteiger partial charge is 0.0772 e. The number of nitrogens with one attached hydrogen (secondary N) is 1. The zero-order chi connectivity index (χ0) is 13.2. The van der Waals surface area contributed by atoms with Crippen LogP contribution < -0.4 is 11.3 Å². The van der Waals surface area contributed by atoms with Crippen LogP contribution in [0.5, 0.6) is 0 Å². The van der Waals surface area contributed by atoms with Gasteiger partial charge in [-0.3, -0.25) is 16.0 Å². The number of nitrogens with zero attached hydrogens (tertiary/aromatic N) is 3. The molecular formula is C13H25N5. The monoisotopic (exact) mass is 251 g/mol. The quantitative estimate of drug-likeness (QED) is 0.620. The third-order valence-electron chi connectivity index (χ3n) is 4.24.